The highest BCUT2D eigenvalue weighted by Gasteiger charge is 2.10. The molecule has 0 saturated carbocycles. The quantitative estimate of drug-likeness (QED) is 0.582. The van der Waals surface area contributed by atoms with Gasteiger partial charge in [-0.2, -0.15) is 0 Å². The summed E-state index contributed by atoms with van der Waals surface area (Å²) in [5, 5.41) is 2.66. The van der Waals surface area contributed by atoms with Crippen LogP contribution >= 0.6 is 0 Å². The first-order chi connectivity index (χ1) is 14.1. The first kappa shape index (κ1) is 19.9. The van der Waals surface area contributed by atoms with Crippen molar-refractivity contribution in [1.82, 2.24) is 4.98 Å². The molecule has 0 fully saturated rings. The number of hydrogen-bond donors (Lipinski definition) is 1. The predicted octanol–water partition coefficient (Wildman–Crippen LogP) is 4.07. The number of carbonyl (C=O) groups is 2. The van der Waals surface area contributed by atoms with Crippen LogP contribution in [-0.2, 0) is 9.53 Å². The van der Waals surface area contributed by atoms with E-state index in [0.29, 0.717) is 23.8 Å². The molecule has 0 aliphatic heterocycles. The second-order valence-corrected chi connectivity index (χ2v) is 5.90. The molecular weight excluding hydrogens is 372 g/mol. The van der Waals surface area contributed by atoms with Crippen molar-refractivity contribution in [3.63, 3.8) is 0 Å². The fourth-order valence-electron chi connectivity index (χ4n) is 2.41. The maximum atomic E-state index is 12.0. The van der Waals surface area contributed by atoms with Crippen LogP contribution in [0.2, 0.25) is 0 Å². The summed E-state index contributed by atoms with van der Waals surface area (Å²) in [5.74, 6) is 1.03. The smallest absolute Gasteiger partial charge is 0.340 e. The Morgan fingerprint density at radius 3 is 2.21 bits per heavy atom. The van der Waals surface area contributed by atoms with Gasteiger partial charge in [0.05, 0.1) is 12.2 Å². The second-order valence-electron chi connectivity index (χ2n) is 5.90. The van der Waals surface area contributed by atoms with Crippen molar-refractivity contribution in [3.8, 4) is 17.2 Å². The molecule has 0 unspecified atom stereocenters. The lowest BCUT2D eigenvalue weighted by molar-refractivity contribution is -0.119. The minimum Gasteiger partial charge on any atom is -0.494 e. The number of hydrogen-bond acceptors (Lipinski definition) is 6. The summed E-state index contributed by atoms with van der Waals surface area (Å²) in [6.07, 6.45) is 2.93. The van der Waals surface area contributed by atoms with E-state index in [1.54, 1.807) is 42.6 Å². The van der Waals surface area contributed by atoms with Crippen molar-refractivity contribution in [2.45, 2.75) is 6.92 Å². The molecule has 7 heteroatoms. The topological polar surface area (TPSA) is 86.8 Å². The van der Waals surface area contributed by atoms with Crippen LogP contribution in [0.3, 0.4) is 0 Å². The van der Waals surface area contributed by atoms with E-state index in [9.17, 15) is 9.59 Å². The lowest BCUT2D eigenvalue weighted by Crippen LogP contribution is -2.20. The van der Waals surface area contributed by atoms with Crippen LogP contribution in [0, 0.1) is 0 Å². The average Bonchev–Trinajstić information content (AvgIpc) is 2.75. The van der Waals surface area contributed by atoms with Crippen LogP contribution in [0.25, 0.3) is 0 Å². The van der Waals surface area contributed by atoms with Gasteiger partial charge >= 0.3 is 5.97 Å². The van der Waals surface area contributed by atoms with Gasteiger partial charge in [-0.3, -0.25) is 9.78 Å². The van der Waals surface area contributed by atoms with Crippen molar-refractivity contribution < 1.29 is 23.8 Å². The van der Waals surface area contributed by atoms with Crippen molar-refractivity contribution in [2.75, 3.05) is 18.5 Å². The molecule has 148 valence electrons. The van der Waals surface area contributed by atoms with E-state index in [4.69, 9.17) is 14.2 Å². The fourth-order valence-corrected chi connectivity index (χ4v) is 2.41. The van der Waals surface area contributed by atoms with Gasteiger partial charge in [-0.05, 0) is 67.6 Å². The normalized spacial score (nSPS) is 10.1. The third-order valence-corrected chi connectivity index (χ3v) is 3.74. The lowest BCUT2D eigenvalue weighted by Gasteiger charge is -2.09. The maximum absolute atomic E-state index is 12.0. The first-order valence-corrected chi connectivity index (χ1v) is 9.02. The van der Waals surface area contributed by atoms with Gasteiger partial charge in [-0.25, -0.2) is 4.79 Å². The number of nitrogens with zero attached hydrogens (tertiary/aromatic N) is 1. The predicted molar refractivity (Wildman–Crippen MR) is 107 cm³/mol. The van der Waals surface area contributed by atoms with E-state index in [1.807, 2.05) is 31.2 Å². The third-order valence-electron chi connectivity index (χ3n) is 3.74. The summed E-state index contributed by atoms with van der Waals surface area (Å²) in [6, 6.07) is 17.3. The van der Waals surface area contributed by atoms with E-state index in [0.717, 1.165) is 5.75 Å². The van der Waals surface area contributed by atoms with Crippen molar-refractivity contribution in [3.05, 3.63) is 78.6 Å². The van der Waals surface area contributed by atoms with Gasteiger partial charge in [0.2, 0.25) is 0 Å². The zero-order chi connectivity index (χ0) is 20.5. The Bertz CT molecular complexity index is 941. The monoisotopic (exact) mass is 392 g/mol. The molecule has 2 aromatic carbocycles. The first-order valence-electron chi connectivity index (χ1n) is 9.02. The minimum absolute atomic E-state index is 0.288. The van der Waals surface area contributed by atoms with Crippen LogP contribution in [0.5, 0.6) is 17.2 Å². The molecule has 0 saturated heterocycles. The molecule has 0 atom stereocenters. The fraction of sp³-hybridized carbons (Fsp3) is 0.136. The van der Waals surface area contributed by atoms with Crippen LogP contribution in [0.15, 0.2) is 73.1 Å². The Balaban J connectivity index is 1.48. The van der Waals surface area contributed by atoms with E-state index >= 15 is 0 Å². The summed E-state index contributed by atoms with van der Waals surface area (Å²) in [4.78, 5) is 27.6. The summed E-state index contributed by atoms with van der Waals surface area (Å²) >= 11 is 0. The van der Waals surface area contributed by atoms with Crippen LogP contribution in [0.4, 0.5) is 5.69 Å². The van der Waals surface area contributed by atoms with E-state index in [1.165, 1.54) is 6.20 Å². The van der Waals surface area contributed by atoms with Gasteiger partial charge in [-0.1, -0.05) is 0 Å². The van der Waals surface area contributed by atoms with E-state index in [2.05, 4.69) is 10.3 Å². The molecule has 1 aromatic heterocycles. The lowest BCUT2D eigenvalue weighted by atomic mass is 10.3. The molecule has 7 nitrogen and oxygen atoms in total. The Morgan fingerprint density at radius 2 is 1.59 bits per heavy atom. The highest BCUT2D eigenvalue weighted by atomic mass is 16.5. The number of rotatable bonds is 8. The van der Waals surface area contributed by atoms with Gasteiger partial charge in [0.25, 0.3) is 5.91 Å². The van der Waals surface area contributed by atoms with Crippen molar-refractivity contribution in [1.29, 1.82) is 0 Å². The summed E-state index contributed by atoms with van der Waals surface area (Å²) in [5.41, 5.74) is 0.850. The number of pyridine rings is 1. The van der Waals surface area contributed by atoms with Gasteiger partial charge in [0, 0.05) is 18.1 Å². The molecule has 3 rings (SSSR count). The number of aromatic nitrogens is 1. The number of benzene rings is 2. The molecule has 0 aliphatic carbocycles. The molecule has 0 radical (unpaired) electrons. The number of ether oxygens (including phenoxy) is 3. The van der Waals surface area contributed by atoms with Crippen LogP contribution < -0.4 is 14.8 Å². The summed E-state index contributed by atoms with van der Waals surface area (Å²) in [6.45, 7) is 2.14. The van der Waals surface area contributed by atoms with Crippen LogP contribution in [0.1, 0.15) is 17.3 Å². The Kier molecular flexibility index (Phi) is 6.78. The van der Waals surface area contributed by atoms with E-state index in [-0.39, 0.29) is 5.56 Å². The van der Waals surface area contributed by atoms with Gasteiger partial charge in [0.15, 0.2) is 6.61 Å². The number of esters is 1. The van der Waals surface area contributed by atoms with Gasteiger partial charge < -0.3 is 19.5 Å². The van der Waals surface area contributed by atoms with Crippen molar-refractivity contribution >= 4 is 17.6 Å². The van der Waals surface area contributed by atoms with E-state index < -0.39 is 18.5 Å². The van der Waals surface area contributed by atoms with Crippen molar-refractivity contribution in [2.24, 2.45) is 0 Å². The second kappa shape index (κ2) is 9.89. The van der Waals surface area contributed by atoms with Gasteiger partial charge in [-0.15, -0.1) is 0 Å². The molecule has 1 N–H and O–H groups in total. The van der Waals surface area contributed by atoms with Crippen LogP contribution in [-0.4, -0.2) is 30.1 Å². The molecule has 29 heavy (non-hydrogen) atoms. The molecule has 1 amide bonds. The molecule has 0 bridgehead atoms. The highest BCUT2D eigenvalue weighted by molar-refractivity contribution is 5.95. The van der Waals surface area contributed by atoms with Gasteiger partial charge in [0.1, 0.15) is 17.2 Å². The molecule has 1 heterocycles. The average molecular weight is 392 g/mol. The molecule has 0 spiro atoms. The third kappa shape index (κ3) is 6.07. The zero-order valence-electron chi connectivity index (χ0n) is 15.8. The number of anilines is 1. The Labute approximate surface area is 168 Å². The Morgan fingerprint density at radius 1 is 0.931 bits per heavy atom. The number of amides is 1. The molecule has 3 aromatic rings. The maximum Gasteiger partial charge on any atom is 0.340 e. The standard InChI is InChI=1S/C22H20N2O5/c1-2-27-18-9-11-20(12-10-18)29-19-7-5-17(6-8-19)24-21(25)15-28-22(26)16-4-3-13-23-14-16/h3-14H,2,15H2,1H3,(H,24,25). The molecular formula is C22H20N2O5. The summed E-state index contributed by atoms with van der Waals surface area (Å²) < 4.78 is 16.1. The summed E-state index contributed by atoms with van der Waals surface area (Å²) in [7, 11) is 0. The zero-order valence-corrected chi connectivity index (χ0v) is 15.8. The SMILES string of the molecule is CCOc1ccc(Oc2ccc(NC(=O)COC(=O)c3cccnc3)cc2)cc1. The largest absolute Gasteiger partial charge is 0.494 e. The number of nitrogens with one attached hydrogen (secondary N) is 1. The Hall–Kier alpha value is -3.87. The number of carbonyl (C=O) groups excluding carboxylic acids is 2. The minimum atomic E-state index is -0.604. The molecule has 0 aliphatic rings. The highest BCUT2D eigenvalue weighted by Crippen LogP contribution is 2.25.